The van der Waals surface area contributed by atoms with Crippen molar-refractivity contribution in [3.63, 3.8) is 0 Å². The first-order valence-electron chi connectivity index (χ1n) is 12.4. The van der Waals surface area contributed by atoms with Gasteiger partial charge in [0.25, 0.3) is 0 Å². The van der Waals surface area contributed by atoms with E-state index in [1.54, 1.807) is 0 Å². The van der Waals surface area contributed by atoms with E-state index in [-0.39, 0.29) is 0 Å². The van der Waals surface area contributed by atoms with Crippen LogP contribution in [-0.4, -0.2) is 13.2 Å². The van der Waals surface area contributed by atoms with Crippen LogP contribution >= 0.6 is 0 Å². The maximum atomic E-state index is 5.85. The summed E-state index contributed by atoms with van der Waals surface area (Å²) in [5.41, 5.74) is 0. The van der Waals surface area contributed by atoms with Crippen LogP contribution in [0.1, 0.15) is 103 Å². The number of hydrogen-bond donors (Lipinski definition) is 0. The van der Waals surface area contributed by atoms with Gasteiger partial charge in [-0.25, -0.2) is 0 Å². The minimum Gasteiger partial charge on any atom is -0.494 e. The number of rotatable bonds is 22. The Labute approximate surface area is 186 Å². The van der Waals surface area contributed by atoms with E-state index in [0.29, 0.717) is 0 Å². The molecular weight excluding hydrogens is 368 g/mol. The van der Waals surface area contributed by atoms with Gasteiger partial charge in [0, 0.05) is 0 Å². The Bertz CT molecular complexity index is 459. The van der Waals surface area contributed by atoms with E-state index >= 15 is 0 Å². The first-order valence-corrected chi connectivity index (χ1v) is 12.4. The fourth-order valence-electron chi connectivity index (χ4n) is 3.56. The molecule has 30 heavy (non-hydrogen) atoms. The van der Waals surface area contributed by atoms with Crippen LogP contribution in [0.5, 0.6) is 11.5 Å². The van der Waals surface area contributed by atoms with Gasteiger partial charge in [-0.3, -0.25) is 0 Å². The fourth-order valence-corrected chi connectivity index (χ4v) is 3.56. The van der Waals surface area contributed by atoms with Crippen molar-refractivity contribution in [2.75, 3.05) is 13.2 Å². The van der Waals surface area contributed by atoms with Gasteiger partial charge in [0.1, 0.15) is 11.5 Å². The lowest BCUT2D eigenvalue weighted by molar-refractivity contribution is 0.296. The molecule has 0 N–H and O–H groups in total. The quantitative estimate of drug-likeness (QED) is 0.139. The standard InChI is InChI=1S/C28H46O2/c1-3-5-7-9-11-13-15-17-19-25-29-27-21-23-28(24-22-27)30-26-20-18-16-14-12-10-8-6-4-2/h3-4,21-24H,1-2,5-20,25-26H2. The molecule has 0 aliphatic carbocycles. The average Bonchev–Trinajstić information content (AvgIpc) is 2.77. The van der Waals surface area contributed by atoms with Crippen LogP contribution in [0.2, 0.25) is 0 Å². The number of unbranched alkanes of at least 4 members (excludes halogenated alkanes) is 14. The Hall–Kier alpha value is -1.70. The molecule has 170 valence electrons. The molecule has 0 atom stereocenters. The summed E-state index contributed by atoms with van der Waals surface area (Å²) in [6, 6.07) is 8.10. The van der Waals surface area contributed by atoms with E-state index in [1.807, 2.05) is 36.4 Å². The molecule has 2 heteroatoms. The summed E-state index contributed by atoms with van der Waals surface area (Å²) in [5, 5.41) is 0. The van der Waals surface area contributed by atoms with Crippen molar-refractivity contribution in [2.45, 2.75) is 103 Å². The Morgan fingerprint density at radius 2 is 0.767 bits per heavy atom. The van der Waals surface area contributed by atoms with Gasteiger partial charge in [-0.2, -0.15) is 0 Å². The number of hydrogen-bond acceptors (Lipinski definition) is 2. The molecule has 0 aliphatic rings. The van der Waals surface area contributed by atoms with Crippen molar-refractivity contribution in [3.05, 3.63) is 49.6 Å². The zero-order chi connectivity index (χ0) is 21.5. The van der Waals surface area contributed by atoms with E-state index in [4.69, 9.17) is 9.47 Å². The van der Waals surface area contributed by atoms with Gasteiger partial charge < -0.3 is 9.47 Å². The van der Waals surface area contributed by atoms with E-state index < -0.39 is 0 Å². The molecule has 0 saturated carbocycles. The van der Waals surface area contributed by atoms with Gasteiger partial charge in [0.05, 0.1) is 13.2 Å². The summed E-state index contributed by atoms with van der Waals surface area (Å²) in [6.07, 6.45) is 24.5. The third-order valence-electron chi connectivity index (χ3n) is 5.47. The molecule has 0 amide bonds. The Morgan fingerprint density at radius 3 is 1.10 bits per heavy atom. The molecule has 0 fully saturated rings. The Balaban J connectivity index is 1.93. The minimum absolute atomic E-state index is 0.810. The number of ether oxygens (including phenoxy) is 2. The summed E-state index contributed by atoms with van der Waals surface area (Å²) in [6.45, 7) is 9.16. The average molecular weight is 415 g/mol. The third kappa shape index (κ3) is 16.1. The van der Waals surface area contributed by atoms with Crippen LogP contribution in [-0.2, 0) is 0 Å². The van der Waals surface area contributed by atoms with Crippen LogP contribution in [0.25, 0.3) is 0 Å². The van der Waals surface area contributed by atoms with Gasteiger partial charge >= 0.3 is 0 Å². The smallest absolute Gasteiger partial charge is 0.119 e. The molecule has 0 spiro atoms. The molecule has 2 nitrogen and oxygen atoms in total. The molecular formula is C28H46O2. The summed E-state index contributed by atoms with van der Waals surface area (Å²) in [5.74, 6) is 1.89. The molecule has 1 aromatic carbocycles. The molecule has 0 heterocycles. The van der Waals surface area contributed by atoms with Gasteiger partial charge in [0.15, 0.2) is 0 Å². The highest BCUT2D eigenvalue weighted by Gasteiger charge is 1.98. The molecule has 1 rings (SSSR count). The lowest BCUT2D eigenvalue weighted by atomic mass is 10.1. The second-order valence-corrected chi connectivity index (χ2v) is 8.27. The summed E-state index contributed by atoms with van der Waals surface area (Å²) >= 11 is 0. The number of allylic oxidation sites excluding steroid dienone is 2. The van der Waals surface area contributed by atoms with Crippen molar-refractivity contribution < 1.29 is 9.47 Å². The molecule has 0 bridgehead atoms. The van der Waals surface area contributed by atoms with E-state index in [9.17, 15) is 0 Å². The van der Waals surface area contributed by atoms with Crippen LogP contribution in [0.4, 0.5) is 0 Å². The monoisotopic (exact) mass is 414 g/mol. The number of benzene rings is 1. The highest BCUT2D eigenvalue weighted by atomic mass is 16.5. The topological polar surface area (TPSA) is 18.5 Å². The predicted octanol–water partition coefficient (Wildman–Crippen LogP) is 9.06. The van der Waals surface area contributed by atoms with Crippen LogP contribution in [0.15, 0.2) is 49.6 Å². The van der Waals surface area contributed by atoms with Gasteiger partial charge in [0.2, 0.25) is 0 Å². The van der Waals surface area contributed by atoms with Gasteiger partial charge in [-0.1, -0.05) is 76.4 Å². The molecule has 0 saturated heterocycles. The Kier molecular flexibility index (Phi) is 18.1. The third-order valence-corrected chi connectivity index (χ3v) is 5.47. The van der Waals surface area contributed by atoms with E-state index in [0.717, 1.165) is 50.4 Å². The maximum absolute atomic E-state index is 5.85. The highest BCUT2D eigenvalue weighted by molar-refractivity contribution is 5.31. The summed E-state index contributed by atoms with van der Waals surface area (Å²) in [7, 11) is 0. The van der Waals surface area contributed by atoms with E-state index in [1.165, 1.54) is 77.0 Å². The SMILES string of the molecule is C=CCCCCCCCCCOc1ccc(OCCCCCCCCCC=C)cc1. The second kappa shape index (κ2) is 20.6. The molecule has 0 aromatic heterocycles. The van der Waals surface area contributed by atoms with Crippen LogP contribution < -0.4 is 9.47 Å². The van der Waals surface area contributed by atoms with Gasteiger partial charge in [-0.05, 0) is 62.8 Å². The van der Waals surface area contributed by atoms with Gasteiger partial charge in [-0.15, -0.1) is 13.2 Å². The normalized spacial score (nSPS) is 10.7. The van der Waals surface area contributed by atoms with Crippen molar-refractivity contribution in [3.8, 4) is 11.5 Å². The van der Waals surface area contributed by atoms with Crippen molar-refractivity contribution in [1.82, 2.24) is 0 Å². The predicted molar refractivity (Wildman–Crippen MR) is 132 cm³/mol. The molecule has 0 aliphatic heterocycles. The maximum Gasteiger partial charge on any atom is 0.119 e. The van der Waals surface area contributed by atoms with Crippen molar-refractivity contribution in [2.24, 2.45) is 0 Å². The van der Waals surface area contributed by atoms with Crippen LogP contribution in [0.3, 0.4) is 0 Å². The highest BCUT2D eigenvalue weighted by Crippen LogP contribution is 2.19. The molecule has 0 radical (unpaired) electrons. The first-order chi connectivity index (χ1) is 14.9. The molecule has 0 unspecified atom stereocenters. The van der Waals surface area contributed by atoms with Crippen LogP contribution in [0, 0.1) is 0 Å². The Morgan fingerprint density at radius 1 is 0.467 bits per heavy atom. The zero-order valence-electron chi connectivity index (χ0n) is 19.4. The summed E-state index contributed by atoms with van der Waals surface area (Å²) < 4.78 is 11.7. The fraction of sp³-hybridized carbons (Fsp3) is 0.643. The lowest BCUT2D eigenvalue weighted by Gasteiger charge is -2.09. The minimum atomic E-state index is 0.810. The molecule has 1 aromatic rings. The first kappa shape index (κ1) is 26.3. The van der Waals surface area contributed by atoms with Crippen molar-refractivity contribution >= 4 is 0 Å². The summed E-state index contributed by atoms with van der Waals surface area (Å²) in [4.78, 5) is 0. The van der Waals surface area contributed by atoms with Crippen molar-refractivity contribution in [1.29, 1.82) is 0 Å². The lowest BCUT2D eigenvalue weighted by Crippen LogP contribution is -1.99. The van der Waals surface area contributed by atoms with E-state index in [2.05, 4.69) is 13.2 Å². The largest absolute Gasteiger partial charge is 0.494 e. The zero-order valence-corrected chi connectivity index (χ0v) is 19.4. The second-order valence-electron chi connectivity index (χ2n) is 8.27.